The van der Waals surface area contributed by atoms with E-state index in [-0.39, 0.29) is 17.5 Å². The highest BCUT2D eigenvalue weighted by molar-refractivity contribution is 5.49. The molecular weight excluding hydrogens is 248 g/mol. The fraction of sp³-hybridized carbons (Fsp3) is 0.200. The maximum Gasteiger partial charge on any atom is 0.146 e. The van der Waals surface area contributed by atoms with Crippen LogP contribution in [0, 0.1) is 11.6 Å². The van der Waals surface area contributed by atoms with Crippen LogP contribution in [-0.4, -0.2) is 5.11 Å². The predicted octanol–water partition coefficient (Wildman–Crippen LogP) is 4.23. The molecule has 0 saturated heterocycles. The minimum Gasteiger partial charge on any atom is -0.508 e. The molecule has 0 aliphatic heterocycles. The molecule has 4 heteroatoms. The zero-order chi connectivity index (χ0) is 13.8. The Morgan fingerprint density at radius 2 is 1.89 bits per heavy atom. The van der Waals surface area contributed by atoms with E-state index in [9.17, 15) is 13.9 Å². The van der Waals surface area contributed by atoms with Gasteiger partial charge in [0.15, 0.2) is 0 Å². The molecular formula is C15H15F2NO. The summed E-state index contributed by atoms with van der Waals surface area (Å²) in [6.07, 6.45) is 0.632. The summed E-state index contributed by atoms with van der Waals surface area (Å²) >= 11 is 0. The molecule has 2 rings (SSSR count). The lowest BCUT2D eigenvalue weighted by Gasteiger charge is -2.20. The molecule has 2 nitrogen and oxygen atoms in total. The van der Waals surface area contributed by atoms with Gasteiger partial charge in [-0.15, -0.1) is 0 Å². The highest BCUT2D eigenvalue weighted by Gasteiger charge is 2.15. The molecule has 0 aliphatic rings. The number of halogens is 2. The van der Waals surface area contributed by atoms with E-state index in [1.165, 1.54) is 0 Å². The SMILES string of the molecule is CCC(Nc1cc(F)ccc1F)c1ccccc1O. The van der Waals surface area contributed by atoms with Crippen LogP contribution in [0.3, 0.4) is 0 Å². The second-order valence-electron chi connectivity index (χ2n) is 4.29. The molecule has 0 saturated carbocycles. The molecule has 0 spiro atoms. The molecule has 0 heterocycles. The van der Waals surface area contributed by atoms with E-state index in [4.69, 9.17) is 0 Å². The Hall–Kier alpha value is -2.10. The van der Waals surface area contributed by atoms with Crippen LogP contribution in [0.5, 0.6) is 5.75 Å². The fourth-order valence-electron chi connectivity index (χ4n) is 1.98. The monoisotopic (exact) mass is 263 g/mol. The van der Waals surface area contributed by atoms with Gasteiger partial charge in [0, 0.05) is 5.56 Å². The topological polar surface area (TPSA) is 32.3 Å². The number of hydrogen-bond donors (Lipinski definition) is 2. The Balaban J connectivity index is 2.29. The van der Waals surface area contributed by atoms with Crippen LogP contribution in [0.2, 0.25) is 0 Å². The van der Waals surface area contributed by atoms with Crippen LogP contribution < -0.4 is 5.32 Å². The number of phenols is 1. The molecule has 2 N–H and O–H groups in total. The fourth-order valence-corrected chi connectivity index (χ4v) is 1.98. The first-order valence-electron chi connectivity index (χ1n) is 6.11. The average molecular weight is 263 g/mol. The van der Waals surface area contributed by atoms with E-state index in [0.29, 0.717) is 12.0 Å². The first-order chi connectivity index (χ1) is 9.11. The summed E-state index contributed by atoms with van der Waals surface area (Å²) in [5.74, 6) is -0.884. The summed E-state index contributed by atoms with van der Waals surface area (Å²) in [5.41, 5.74) is 0.753. The Kier molecular flexibility index (Phi) is 4.00. The van der Waals surface area contributed by atoms with Crippen molar-refractivity contribution in [1.29, 1.82) is 0 Å². The number of phenolic OH excluding ortho intramolecular Hbond substituents is 1. The van der Waals surface area contributed by atoms with Crippen molar-refractivity contribution < 1.29 is 13.9 Å². The van der Waals surface area contributed by atoms with Gasteiger partial charge in [-0.3, -0.25) is 0 Å². The molecule has 0 amide bonds. The highest BCUT2D eigenvalue weighted by Crippen LogP contribution is 2.30. The summed E-state index contributed by atoms with van der Waals surface area (Å²) in [6.45, 7) is 1.90. The first-order valence-corrected chi connectivity index (χ1v) is 6.11. The molecule has 2 aromatic carbocycles. The zero-order valence-electron chi connectivity index (χ0n) is 10.5. The first kappa shape index (κ1) is 13.3. The van der Waals surface area contributed by atoms with Gasteiger partial charge in [-0.2, -0.15) is 0 Å². The lowest BCUT2D eigenvalue weighted by Crippen LogP contribution is -2.11. The minimum atomic E-state index is -0.518. The van der Waals surface area contributed by atoms with Crippen molar-refractivity contribution in [2.45, 2.75) is 19.4 Å². The number of aromatic hydroxyl groups is 1. The van der Waals surface area contributed by atoms with Gasteiger partial charge >= 0.3 is 0 Å². The average Bonchev–Trinajstić information content (AvgIpc) is 2.41. The van der Waals surface area contributed by atoms with Crippen molar-refractivity contribution >= 4 is 5.69 Å². The smallest absolute Gasteiger partial charge is 0.146 e. The van der Waals surface area contributed by atoms with Gasteiger partial charge < -0.3 is 10.4 Å². The number of nitrogens with one attached hydrogen (secondary N) is 1. The van der Waals surface area contributed by atoms with Gasteiger partial charge in [-0.25, -0.2) is 8.78 Å². The molecule has 1 atom stereocenters. The van der Waals surface area contributed by atoms with E-state index in [0.717, 1.165) is 18.2 Å². The van der Waals surface area contributed by atoms with Crippen molar-refractivity contribution in [3.05, 3.63) is 59.7 Å². The molecule has 2 aromatic rings. The van der Waals surface area contributed by atoms with Gasteiger partial charge in [0.1, 0.15) is 17.4 Å². The summed E-state index contributed by atoms with van der Waals surface area (Å²) in [7, 11) is 0. The number of rotatable bonds is 4. The second-order valence-corrected chi connectivity index (χ2v) is 4.29. The number of anilines is 1. The van der Waals surface area contributed by atoms with Gasteiger partial charge in [0.25, 0.3) is 0 Å². The van der Waals surface area contributed by atoms with Gasteiger partial charge in [-0.05, 0) is 30.7 Å². The number of hydrogen-bond acceptors (Lipinski definition) is 2. The van der Waals surface area contributed by atoms with Crippen LogP contribution in [0.1, 0.15) is 24.9 Å². The van der Waals surface area contributed by atoms with E-state index >= 15 is 0 Å². The Labute approximate surface area is 110 Å². The summed E-state index contributed by atoms with van der Waals surface area (Å²) in [5, 5.41) is 12.7. The third-order valence-corrected chi connectivity index (χ3v) is 2.98. The van der Waals surface area contributed by atoms with Crippen molar-refractivity contribution in [1.82, 2.24) is 0 Å². The van der Waals surface area contributed by atoms with Crippen LogP contribution >= 0.6 is 0 Å². The molecule has 0 aromatic heterocycles. The minimum absolute atomic E-state index is 0.0927. The highest BCUT2D eigenvalue weighted by atomic mass is 19.1. The molecule has 0 aliphatic carbocycles. The summed E-state index contributed by atoms with van der Waals surface area (Å²) < 4.78 is 26.7. The summed E-state index contributed by atoms with van der Waals surface area (Å²) in [4.78, 5) is 0. The molecule has 19 heavy (non-hydrogen) atoms. The van der Waals surface area contributed by atoms with Crippen LogP contribution in [0.25, 0.3) is 0 Å². The Morgan fingerprint density at radius 1 is 1.16 bits per heavy atom. The van der Waals surface area contributed by atoms with Gasteiger partial charge in [0.05, 0.1) is 11.7 Å². The second kappa shape index (κ2) is 5.69. The third kappa shape index (κ3) is 3.02. The van der Waals surface area contributed by atoms with E-state index in [1.807, 2.05) is 6.92 Å². The molecule has 0 radical (unpaired) electrons. The molecule has 100 valence electrons. The van der Waals surface area contributed by atoms with E-state index < -0.39 is 11.6 Å². The van der Waals surface area contributed by atoms with Crippen molar-refractivity contribution in [3.8, 4) is 5.75 Å². The number of benzene rings is 2. The third-order valence-electron chi connectivity index (χ3n) is 2.98. The largest absolute Gasteiger partial charge is 0.508 e. The predicted molar refractivity (Wildman–Crippen MR) is 71.1 cm³/mol. The van der Waals surface area contributed by atoms with Crippen LogP contribution in [-0.2, 0) is 0 Å². The maximum atomic E-state index is 13.6. The van der Waals surface area contributed by atoms with Gasteiger partial charge in [0.2, 0.25) is 0 Å². The van der Waals surface area contributed by atoms with Crippen molar-refractivity contribution in [2.24, 2.45) is 0 Å². The van der Waals surface area contributed by atoms with E-state index in [1.54, 1.807) is 24.3 Å². The molecule has 0 fully saturated rings. The number of para-hydroxylation sites is 1. The lowest BCUT2D eigenvalue weighted by atomic mass is 10.0. The molecule has 1 unspecified atom stereocenters. The quantitative estimate of drug-likeness (QED) is 0.865. The standard InChI is InChI=1S/C15H15F2NO/c1-2-13(11-5-3-4-6-15(11)19)18-14-9-10(16)7-8-12(14)17/h3-9,13,18-19H,2H2,1H3. The summed E-state index contributed by atoms with van der Waals surface area (Å²) in [6, 6.07) is 9.82. The lowest BCUT2D eigenvalue weighted by molar-refractivity contribution is 0.462. The van der Waals surface area contributed by atoms with Crippen LogP contribution in [0.4, 0.5) is 14.5 Å². The van der Waals surface area contributed by atoms with Crippen molar-refractivity contribution in [2.75, 3.05) is 5.32 Å². The van der Waals surface area contributed by atoms with Crippen molar-refractivity contribution in [3.63, 3.8) is 0 Å². The Morgan fingerprint density at radius 3 is 2.58 bits per heavy atom. The zero-order valence-corrected chi connectivity index (χ0v) is 10.5. The van der Waals surface area contributed by atoms with E-state index in [2.05, 4.69) is 5.32 Å². The van der Waals surface area contributed by atoms with Crippen LogP contribution in [0.15, 0.2) is 42.5 Å². The molecule has 0 bridgehead atoms. The Bertz CT molecular complexity index is 572. The normalized spacial score (nSPS) is 12.2. The van der Waals surface area contributed by atoms with Gasteiger partial charge in [-0.1, -0.05) is 25.1 Å². The maximum absolute atomic E-state index is 13.6.